The molecule has 1 heterocycles. The van der Waals surface area contributed by atoms with Crippen molar-refractivity contribution in [3.05, 3.63) is 59.7 Å². The first-order chi connectivity index (χ1) is 12.1. The molecule has 5 nitrogen and oxygen atoms in total. The van der Waals surface area contributed by atoms with Crippen LogP contribution in [0.1, 0.15) is 24.0 Å². The van der Waals surface area contributed by atoms with Crippen molar-refractivity contribution in [2.75, 3.05) is 20.2 Å². The van der Waals surface area contributed by atoms with E-state index in [0.717, 1.165) is 25.2 Å². The van der Waals surface area contributed by atoms with Gasteiger partial charge in [-0.2, -0.15) is 0 Å². The number of sulfonamides is 1. The summed E-state index contributed by atoms with van der Waals surface area (Å²) in [5.74, 6) is 0.633. The first-order valence-corrected chi connectivity index (χ1v) is 9.99. The van der Waals surface area contributed by atoms with Gasteiger partial charge in [-0.15, -0.1) is 0 Å². The number of ether oxygens (including phenoxy) is 1. The van der Waals surface area contributed by atoms with Crippen LogP contribution < -0.4 is 9.46 Å². The molecule has 0 spiro atoms. The number of nitrogens with zero attached hydrogens (tertiary/aromatic N) is 1. The molecule has 0 atom stereocenters. The van der Waals surface area contributed by atoms with Crippen LogP contribution in [0.15, 0.2) is 53.4 Å². The van der Waals surface area contributed by atoms with E-state index >= 15 is 0 Å². The minimum Gasteiger partial charge on any atom is -0.497 e. The molecular weight excluding hydrogens is 336 g/mol. The Morgan fingerprint density at radius 3 is 2.40 bits per heavy atom. The molecule has 6 heteroatoms. The quantitative estimate of drug-likeness (QED) is 0.825. The number of rotatable bonds is 7. The van der Waals surface area contributed by atoms with Crippen LogP contribution in [0.3, 0.4) is 0 Å². The molecule has 0 amide bonds. The average Bonchev–Trinajstić information content (AvgIpc) is 3.13. The molecule has 0 aliphatic carbocycles. The predicted octanol–water partition coefficient (Wildman–Crippen LogP) is 2.77. The molecule has 25 heavy (non-hydrogen) atoms. The number of methoxy groups -OCH3 is 1. The van der Waals surface area contributed by atoms with E-state index in [2.05, 4.69) is 21.8 Å². The molecule has 0 unspecified atom stereocenters. The van der Waals surface area contributed by atoms with Crippen molar-refractivity contribution in [1.29, 1.82) is 0 Å². The van der Waals surface area contributed by atoms with Crippen LogP contribution in [-0.2, 0) is 23.1 Å². The van der Waals surface area contributed by atoms with E-state index in [0.29, 0.717) is 5.75 Å². The summed E-state index contributed by atoms with van der Waals surface area (Å²) >= 11 is 0. The van der Waals surface area contributed by atoms with Gasteiger partial charge in [0.1, 0.15) is 5.75 Å². The Hall–Kier alpha value is -1.89. The van der Waals surface area contributed by atoms with Gasteiger partial charge in [0.2, 0.25) is 10.0 Å². The number of benzene rings is 2. The summed E-state index contributed by atoms with van der Waals surface area (Å²) in [6, 6.07) is 14.5. The van der Waals surface area contributed by atoms with Crippen LogP contribution in [0.4, 0.5) is 0 Å². The lowest BCUT2D eigenvalue weighted by atomic mass is 10.1. The lowest BCUT2D eigenvalue weighted by molar-refractivity contribution is 0.331. The summed E-state index contributed by atoms with van der Waals surface area (Å²) in [5.41, 5.74) is 2.19. The molecular formula is C19H24N2O3S. The summed E-state index contributed by atoms with van der Waals surface area (Å²) in [5, 5.41) is 0. The maximum atomic E-state index is 12.4. The van der Waals surface area contributed by atoms with Gasteiger partial charge < -0.3 is 4.74 Å². The van der Waals surface area contributed by atoms with Crippen molar-refractivity contribution in [2.45, 2.75) is 30.8 Å². The monoisotopic (exact) mass is 360 g/mol. The van der Waals surface area contributed by atoms with Crippen LogP contribution in [-0.4, -0.2) is 33.5 Å². The zero-order chi connectivity index (χ0) is 17.7. The van der Waals surface area contributed by atoms with E-state index in [1.165, 1.54) is 18.4 Å². The third kappa shape index (κ3) is 4.81. The summed E-state index contributed by atoms with van der Waals surface area (Å²) in [6.45, 7) is 3.50. The Kier molecular flexibility index (Phi) is 5.73. The minimum atomic E-state index is -3.53. The number of hydrogen-bond acceptors (Lipinski definition) is 4. The van der Waals surface area contributed by atoms with E-state index in [4.69, 9.17) is 4.74 Å². The fourth-order valence-corrected chi connectivity index (χ4v) is 4.07. The van der Waals surface area contributed by atoms with Gasteiger partial charge in [-0.1, -0.05) is 24.3 Å². The van der Waals surface area contributed by atoms with Crippen molar-refractivity contribution in [3.63, 3.8) is 0 Å². The second kappa shape index (κ2) is 7.99. The molecule has 134 valence electrons. The highest BCUT2D eigenvalue weighted by atomic mass is 32.2. The largest absolute Gasteiger partial charge is 0.497 e. The summed E-state index contributed by atoms with van der Waals surface area (Å²) in [4.78, 5) is 2.67. The molecule has 1 aliphatic rings. The van der Waals surface area contributed by atoms with Crippen LogP contribution >= 0.6 is 0 Å². The predicted molar refractivity (Wildman–Crippen MR) is 98.0 cm³/mol. The zero-order valence-electron chi connectivity index (χ0n) is 14.4. The highest BCUT2D eigenvalue weighted by molar-refractivity contribution is 7.89. The summed E-state index contributed by atoms with van der Waals surface area (Å²) < 4.78 is 32.5. The second-order valence-corrected chi connectivity index (χ2v) is 8.07. The van der Waals surface area contributed by atoms with Crippen LogP contribution in [0.2, 0.25) is 0 Å². The Balaban J connectivity index is 1.63. The molecule has 0 bridgehead atoms. The third-order valence-electron chi connectivity index (χ3n) is 4.43. The third-order valence-corrected chi connectivity index (χ3v) is 5.85. The molecule has 2 aromatic carbocycles. The molecule has 1 saturated heterocycles. The number of hydrogen-bond donors (Lipinski definition) is 1. The van der Waals surface area contributed by atoms with Crippen molar-refractivity contribution < 1.29 is 13.2 Å². The van der Waals surface area contributed by atoms with Crippen molar-refractivity contribution in [3.8, 4) is 5.75 Å². The zero-order valence-corrected chi connectivity index (χ0v) is 15.3. The molecule has 0 aromatic heterocycles. The minimum absolute atomic E-state index is 0.238. The van der Waals surface area contributed by atoms with E-state index in [-0.39, 0.29) is 11.4 Å². The SMILES string of the molecule is COc1ccc(S(=O)(=O)NCc2cccc(CN3CCCC3)c2)cc1. The maximum Gasteiger partial charge on any atom is 0.240 e. The van der Waals surface area contributed by atoms with Gasteiger partial charge in [0.05, 0.1) is 12.0 Å². The average molecular weight is 360 g/mol. The topological polar surface area (TPSA) is 58.6 Å². The van der Waals surface area contributed by atoms with Crippen LogP contribution in [0.5, 0.6) is 5.75 Å². The van der Waals surface area contributed by atoms with Crippen molar-refractivity contribution in [1.82, 2.24) is 9.62 Å². The fourth-order valence-electron chi connectivity index (χ4n) is 3.05. The molecule has 1 fully saturated rings. The standard InChI is InChI=1S/C19H24N2O3S/c1-24-18-7-9-19(10-8-18)25(22,23)20-14-16-5-4-6-17(13-16)15-21-11-2-3-12-21/h4-10,13,20H,2-3,11-12,14-15H2,1H3. The van der Waals surface area contributed by atoms with E-state index in [1.807, 2.05) is 12.1 Å². The fraction of sp³-hybridized carbons (Fsp3) is 0.368. The van der Waals surface area contributed by atoms with Crippen molar-refractivity contribution in [2.24, 2.45) is 0 Å². The highest BCUT2D eigenvalue weighted by Gasteiger charge is 2.15. The van der Waals surface area contributed by atoms with E-state index in [9.17, 15) is 8.42 Å². The van der Waals surface area contributed by atoms with Gasteiger partial charge in [-0.25, -0.2) is 13.1 Å². The van der Waals surface area contributed by atoms with Crippen LogP contribution in [0.25, 0.3) is 0 Å². The van der Waals surface area contributed by atoms with E-state index < -0.39 is 10.0 Å². The molecule has 1 N–H and O–H groups in total. The molecule has 2 aromatic rings. The van der Waals surface area contributed by atoms with E-state index in [1.54, 1.807) is 31.4 Å². The Labute approximate surface area is 149 Å². The Morgan fingerprint density at radius 2 is 1.72 bits per heavy atom. The first kappa shape index (κ1) is 17.9. The van der Waals surface area contributed by atoms with Gasteiger partial charge >= 0.3 is 0 Å². The van der Waals surface area contributed by atoms with Gasteiger partial charge in [0, 0.05) is 13.1 Å². The molecule has 0 saturated carbocycles. The van der Waals surface area contributed by atoms with Gasteiger partial charge in [0.15, 0.2) is 0 Å². The second-order valence-electron chi connectivity index (χ2n) is 6.30. The lowest BCUT2D eigenvalue weighted by Crippen LogP contribution is -2.23. The van der Waals surface area contributed by atoms with Gasteiger partial charge in [-0.3, -0.25) is 4.90 Å². The normalized spacial score (nSPS) is 15.4. The summed E-state index contributed by atoms with van der Waals surface area (Å²) in [6.07, 6.45) is 2.53. The Bertz CT molecular complexity index is 798. The van der Waals surface area contributed by atoms with Gasteiger partial charge in [0.25, 0.3) is 0 Å². The smallest absolute Gasteiger partial charge is 0.240 e. The Morgan fingerprint density at radius 1 is 1.04 bits per heavy atom. The van der Waals surface area contributed by atoms with Gasteiger partial charge in [-0.05, 0) is 61.3 Å². The lowest BCUT2D eigenvalue weighted by Gasteiger charge is -2.15. The molecule has 1 aliphatic heterocycles. The molecule has 0 radical (unpaired) electrons. The molecule has 3 rings (SSSR count). The van der Waals surface area contributed by atoms with Crippen molar-refractivity contribution >= 4 is 10.0 Å². The number of nitrogens with one attached hydrogen (secondary N) is 1. The maximum absolute atomic E-state index is 12.4. The summed E-state index contributed by atoms with van der Waals surface area (Å²) in [7, 11) is -1.98. The highest BCUT2D eigenvalue weighted by Crippen LogP contribution is 2.17. The first-order valence-electron chi connectivity index (χ1n) is 8.51. The number of likely N-dealkylation sites (tertiary alicyclic amines) is 1. The van der Waals surface area contributed by atoms with Crippen LogP contribution in [0, 0.1) is 0 Å².